The third kappa shape index (κ3) is 4.75. The van der Waals surface area contributed by atoms with E-state index in [-0.39, 0.29) is 18.6 Å². The van der Waals surface area contributed by atoms with Crippen LogP contribution in [0.15, 0.2) is 132 Å². The van der Waals surface area contributed by atoms with Gasteiger partial charge in [-0.2, -0.15) is 5.26 Å². The van der Waals surface area contributed by atoms with Gasteiger partial charge in [0.05, 0.1) is 19.3 Å². The predicted octanol–water partition coefficient (Wildman–Crippen LogP) is 6.67. The number of likely N-dealkylation sites (tertiary alicyclic amines) is 1. The fourth-order valence-electron chi connectivity index (χ4n) is 6.02. The molecule has 4 aromatic rings. The summed E-state index contributed by atoms with van der Waals surface area (Å²) in [6, 6.07) is 41.1. The molecule has 0 aliphatic carbocycles. The Kier molecular flexibility index (Phi) is 8.11. The van der Waals surface area contributed by atoms with Crippen molar-refractivity contribution in [2.75, 3.05) is 19.8 Å². The number of halogens is 1. The van der Waals surface area contributed by atoms with Crippen molar-refractivity contribution in [1.29, 1.82) is 5.26 Å². The quantitative estimate of drug-likeness (QED) is 0.169. The van der Waals surface area contributed by atoms with Gasteiger partial charge in [-0.05, 0) is 34.4 Å². The number of nitrogens with zero attached hydrogens (tertiary/aromatic N) is 2. The molecule has 0 bridgehead atoms. The summed E-state index contributed by atoms with van der Waals surface area (Å²) in [6.45, 7) is 4.44. The Labute approximate surface area is 238 Å². The monoisotopic (exact) mass is 578 g/mol. The van der Waals surface area contributed by atoms with Gasteiger partial charge in [-0.15, -0.1) is 6.58 Å². The summed E-state index contributed by atoms with van der Waals surface area (Å²) in [5, 5.41) is 20.9. The summed E-state index contributed by atoms with van der Waals surface area (Å²) in [5.74, 6) is -0.249. The van der Waals surface area contributed by atoms with Gasteiger partial charge in [0.25, 0.3) is 0 Å². The second kappa shape index (κ2) is 11.7. The van der Waals surface area contributed by atoms with Crippen LogP contribution < -0.4 is 0 Å². The van der Waals surface area contributed by atoms with Crippen LogP contribution in [0.1, 0.15) is 28.2 Å². The third-order valence-corrected chi connectivity index (χ3v) is 8.34. The minimum Gasteiger partial charge on any atom is -0.393 e. The van der Waals surface area contributed by atoms with E-state index in [4.69, 9.17) is 4.74 Å². The highest BCUT2D eigenvalue weighted by molar-refractivity contribution is 9.10. The van der Waals surface area contributed by atoms with Crippen molar-refractivity contribution in [2.45, 2.75) is 23.1 Å². The molecule has 4 aromatic carbocycles. The number of ether oxygens (including phenoxy) is 1. The van der Waals surface area contributed by atoms with Crippen LogP contribution in [0.25, 0.3) is 0 Å². The van der Waals surface area contributed by atoms with Crippen molar-refractivity contribution in [3.63, 3.8) is 0 Å². The lowest BCUT2D eigenvalue weighted by molar-refractivity contribution is -0.131. The van der Waals surface area contributed by atoms with Crippen molar-refractivity contribution in [2.24, 2.45) is 0 Å². The second-order valence-corrected chi connectivity index (χ2v) is 10.7. The maximum atomic E-state index is 10.6. The molecular formula is C34H31BrN2O2. The summed E-state index contributed by atoms with van der Waals surface area (Å²) < 4.78 is 8.11. The van der Waals surface area contributed by atoms with Gasteiger partial charge in [0, 0.05) is 23.0 Å². The summed E-state index contributed by atoms with van der Waals surface area (Å²) in [4.78, 5) is 2.03. The molecule has 196 valence electrons. The van der Waals surface area contributed by atoms with Gasteiger partial charge in [0.2, 0.25) is 0 Å². The average molecular weight is 580 g/mol. The van der Waals surface area contributed by atoms with Gasteiger partial charge in [0.15, 0.2) is 0 Å². The molecule has 0 saturated carbocycles. The van der Waals surface area contributed by atoms with Crippen molar-refractivity contribution < 1.29 is 9.84 Å². The summed E-state index contributed by atoms with van der Waals surface area (Å²) in [5.41, 5.74) is 2.11. The summed E-state index contributed by atoms with van der Waals surface area (Å²) in [7, 11) is 0. The first-order valence-electron chi connectivity index (χ1n) is 13.1. The predicted molar refractivity (Wildman–Crippen MR) is 158 cm³/mol. The molecule has 5 heteroatoms. The highest BCUT2D eigenvalue weighted by atomic mass is 79.9. The van der Waals surface area contributed by atoms with Crippen LogP contribution >= 0.6 is 15.9 Å². The molecule has 39 heavy (non-hydrogen) atoms. The van der Waals surface area contributed by atoms with Crippen LogP contribution in [0.2, 0.25) is 0 Å². The zero-order valence-electron chi connectivity index (χ0n) is 21.7. The maximum absolute atomic E-state index is 10.6. The van der Waals surface area contributed by atoms with Gasteiger partial charge >= 0.3 is 0 Å². The van der Waals surface area contributed by atoms with E-state index in [9.17, 15) is 10.4 Å². The molecular weight excluding hydrogens is 548 g/mol. The van der Waals surface area contributed by atoms with E-state index in [1.165, 1.54) is 0 Å². The standard InChI is InChI=1S/C34H31BrN2O2/c1-2-22-37-31(32(33(37,24-36)25-38)26-18-20-30(35)21-19-26)23-39-34(27-12-6-3-7-13-27,28-14-8-4-9-15-28)29-16-10-5-11-17-29/h2-21,31-32,38H,1,22-23,25H2/t31-,32-,33+/m0/s1. The Morgan fingerprint density at radius 1 is 0.872 bits per heavy atom. The molecule has 1 N–H and O–H groups in total. The van der Waals surface area contributed by atoms with E-state index in [2.05, 4.69) is 65.0 Å². The van der Waals surface area contributed by atoms with Crippen LogP contribution in [-0.4, -0.2) is 41.3 Å². The topological polar surface area (TPSA) is 56.5 Å². The minimum atomic E-state index is -1.06. The van der Waals surface area contributed by atoms with Gasteiger partial charge in [-0.25, -0.2) is 0 Å². The third-order valence-electron chi connectivity index (χ3n) is 7.81. The van der Waals surface area contributed by atoms with Crippen molar-refractivity contribution in [3.8, 4) is 6.07 Å². The normalized spacial score (nSPS) is 21.1. The molecule has 0 spiro atoms. The van der Waals surface area contributed by atoms with E-state index in [0.29, 0.717) is 13.2 Å². The Balaban J connectivity index is 1.62. The lowest BCUT2D eigenvalue weighted by Gasteiger charge is -2.60. The van der Waals surface area contributed by atoms with Gasteiger partial charge in [-0.3, -0.25) is 4.90 Å². The lowest BCUT2D eigenvalue weighted by Crippen LogP contribution is -2.74. The van der Waals surface area contributed by atoms with Crippen molar-refractivity contribution in [3.05, 3.63) is 155 Å². The second-order valence-electron chi connectivity index (χ2n) is 9.82. The Hall–Kier alpha value is -3.53. The zero-order valence-corrected chi connectivity index (χ0v) is 23.2. The number of hydrogen-bond acceptors (Lipinski definition) is 4. The summed E-state index contributed by atoms with van der Waals surface area (Å²) in [6.07, 6.45) is 1.78. The molecule has 0 amide bonds. The first-order chi connectivity index (χ1) is 19.1. The Bertz CT molecular complexity index is 1320. The van der Waals surface area contributed by atoms with Crippen LogP contribution in [0.5, 0.6) is 0 Å². The number of rotatable bonds is 10. The maximum Gasteiger partial charge on any atom is 0.143 e. The van der Waals surface area contributed by atoms with Crippen LogP contribution in [0.4, 0.5) is 0 Å². The van der Waals surface area contributed by atoms with Crippen LogP contribution in [0, 0.1) is 11.3 Å². The number of aliphatic hydroxyl groups excluding tert-OH is 1. The molecule has 5 rings (SSSR count). The average Bonchev–Trinajstić information content (AvgIpc) is 3.00. The van der Waals surface area contributed by atoms with E-state index < -0.39 is 11.1 Å². The molecule has 1 aliphatic rings. The van der Waals surface area contributed by atoms with E-state index in [1.54, 1.807) is 6.08 Å². The van der Waals surface area contributed by atoms with E-state index in [0.717, 1.165) is 26.7 Å². The SMILES string of the molecule is C=CCN1[C@@H](COC(c2ccccc2)(c2ccccc2)c2ccccc2)[C@H](c2ccc(Br)cc2)[C@@]1(C#N)CO. The zero-order chi connectivity index (χ0) is 27.3. The smallest absolute Gasteiger partial charge is 0.143 e. The molecule has 0 unspecified atom stereocenters. The number of benzene rings is 4. The number of aliphatic hydroxyl groups is 1. The lowest BCUT2D eigenvalue weighted by atomic mass is 9.65. The fraction of sp³-hybridized carbons (Fsp3) is 0.206. The molecule has 0 aromatic heterocycles. The number of nitriles is 1. The molecule has 1 saturated heterocycles. The van der Waals surface area contributed by atoms with E-state index in [1.807, 2.05) is 83.8 Å². The van der Waals surface area contributed by atoms with Crippen molar-refractivity contribution in [1.82, 2.24) is 4.90 Å². The van der Waals surface area contributed by atoms with Gasteiger partial charge in [0.1, 0.15) is 11.1 Å². The summed E-state index contributed by atoms with van der Waals surface area (Å²) >= 11 is 3.52. The first-order valence-corrected chi connectivity index (χ1v) is 13.9. The molecule has 3 atom stereocenters. The molecule has 1 fully saturated rings. The Morgan fingerprint density at radius 3 is 1.77 bits per heavy atom. The Morgan fingerprint density at radius 2 is 1.36 bits per heavy atom. The van der Waals surface area contributed by atoms with Crippen molar-refractivity contribution >= 4 is 15.9 Å². The number of hydrogen-bond donors (Lipinski definition) is 1. The van der Waals surface area contributed by atoms with Crippen LogP contribution in [-0.2, 0) is 10.3 Å². The van der Waals surface area contributed by atoms with Gasteiger partial charge < -0.3 is 9.84 Å². The fourth-order valence-corrected chi connectivity index (χ4v) is 6.28. The molecule has 0 radical (unpaired) electrons. The minimum absolute atomic E-state index is 0.161. The molecule has 4 nitrogen and oxygen atoms in total. The van der Waals surface area contributed by atoms with E-state index >= 15 is 0 Å². The van der Waals surface area contributed by atoms with Crippen LogP contribution in [0.3, 0.4) is 0 Å². The first kappa shape index (κ1) is 27.1. The molecule has 1 heterocycles. The van der Waals surface area contributed by atoms with Gasteiger partial charge in [-0.1, -0.05) is 125 Å². The largest absolute Gasteiger partial charge is 0.393 e. The highest BCUT2D eigenvalue weighted by Crippen LogP contribution is 2.50. The molecule has 1 aliphatic heterocycles. The highest BCUT2D eigenvalue weighted by Gasteiger charge is 2.61.